The van der Waals surface area contributed by atoms with Crippen molar-refractivity contribution < 1.29 is 19.0 Å². The largest absolute Gasteiger partial charge is 0.464 e. The van der Waals surface area contributed by atoms with Crippen LogP contribution in [0, 0.1) is 0 Å². The molecule has 0 N–H and O–H groups in total. The van der Waals surface area contributed by atoms with Crippen LogP contribution in [-0.4, -0.2) is 39.8 Å². The molecule has 0 aromatic heterocycles. The Labute approximate surface area is 106 Å². The SMILES string of the molecule is C=CC(=O)OC(C)[SiH2]C(CC)(OCC)OCC. The Hall–Kier alpha value is -0.653. The smallest absolute Gasteiger partial charge is 0.330 e. The van der Waals surface area contributed by atoms with Crippen molar-refractivity contribution >= 4 is 15.5 Å². The molecule has 5 heteroatoms. The summed E-state index contributed by atoms with van der Waals surface area (Å²) in [5.74, 6) is -0.386. The lowest BCUT2D eigenvalue weighted by Crippen LogP contribution is -2.47. The van der Waals surface area contributed by atoms with Crippen LogP contribution < -0.4 is 0 Å². The van der Waals surface area contributed by atoms with E-state index in [9.17, 15) is 4.79 Å². The molecule has 0 aliphatic carbocycles. The molecule has 1 atom stereocenters. The first kappa shape index (κ1) is 16.3. The van der Waals surface area contributed by atoms with Crippen molar-refractivity contribution in [1.29, 1.82) is 0 Å². The second kappa shape index (κ2) is 8.44. The lowest BCUT2D eigenvalue weighted by molar-refractivity contribution is -0.179. The molecule has 0 aromatic rings. The van der Waals surface area contributed by atoms with Crippen LogP contribution in [-0.2, 0) is 19.0 Å². The number of ether oxygens (including phenoxy) is 3. The van der Waals surface area contributed by atoms with E-state index >= 15 is 0 Å². The molecule has 0 saturated heterocycles. The van der Waals surface area contributed by atoms with Gasteiger partial charge >= 0.3 is 5.97 Å². The van der Waals surface area contributed by atoms with Crippen LogP contribution in [0.15, 0.2) is 12.7 Å². The average Bonchev–Trinajstić information content (AvgIpc) is 2.29. The van der Waals surface area contributed by atoms with E-state index in [0.29, 0.717) is 13.2 Å². The van der Waals surface area contributed by atoms with E-state index in [4.69, 9.17) is 14.2 Å². The molecule has 1 unspecified atom stereocenters. The lowest BCUT2D eigenvalue weighted by Gasteiger charge is -2.34. The molecule has 0 aliphatic heterocycles. The highest BCUT2D eigenvalue weighted by atomic mass is 28.2. The summed E-state index contributed by atoms with van der Waals surface area (Å²) in [6.45, 7) is 12.4. The highest BCUT2D eigenvalue weighted by molar-refractivity contribution is 6.40. The van der Waals surface area contributed by atoms with E-state index < -0.39 is 14.9 Å². The van der Waals surface area contributed by atoms with Crippen LogP contribution in [0.3, 0.4) is 0 Å². The first-order valence-electron chi connectivity index (χ1n) is 6.14. The third-order valence-corrected chi connectivity index (χ3v) is 4.71. The van der Waals surface area contributed by atoms with Crippen LogP contribution in [0.5, 0.6) is 0 Å². The molecule has 100 valence electrons. The highest BCUT2D eigenvalue weighted by Crippen LogP contribution is 2.18. The molecule has 0 fully saturated rings. The molecule has 0 spiro atoms. The highest BCUT2D eigenvalue weighted by Gasteiger charge is 2.33. The Morgan fingerprint density at radius 2 is 1.88 bits per heavy atom. The molecule has 0 aromatic carbocycles. The fraction of sp³-hybridized carbons (Fsp3) is 0.750. The van der Waals surface area contributed by atoms with E-state index in [0.717, 1.165) is 6.42 Å². The Morgan fingerprint density at radius 3 is 2.24 bits per heavy atom. The van der Waals surface area contributed by atoms with E-state index in [-0.39, 0.29) is 11.7 Å². The van der Waals surface area contributed by atoms with Gasteiger partial charge in [0.25, 0.3) is 0 Å². The summed E-state index contributed by atoms with van der Waals surface area (Å²) in [6.07, 6.45) is 1.96. The molecule has 0 amide bonds. The third kappa shape index (κ3) is 6.00. The Balaban J connectivity index is 4.49. The zero-order valence-electron chi connectivity index (χ0n) is 11.3. The molecule has 0 bridgehead atoms. The van der Waals surface area contributed by atoms with Gasteiger partial charge in [0, 0.05) is 19.3 Å². The number of rotatable bonds is 9. The van der Waals surface area contributed by atoms with Crippen molar-refractivity contribution in [3.8, 4) is 0 Å². The van der Waals surface area contributed by atoms with E-state index in [1.807, 2.05) is 27.7 Å². The molecule has 0 heterocycles. The predicted molar refractivity (Wildman–Crippen MR) is 70.6 cm³/mol. The lowest BCUT2D eigenvalue weighted by atomic mass is 10.4. The molecule has 0 radical (unpaired) electrons. The fourth-order valence-corrected chi connectivity index (χ4v) is 3.82. The van der Waals surface area contributed by atoms with Crippen molar-refractivity contribution in [2.75, 3.05) is 13.2 Å². The zero-order chi connectivity index (χ0) is 13.3. The average molecular weight is 260 g/mol. The van der Waals surface area contributed by atoms with Gasteiger partial charge in [-0.1, -0.05) is 13.5 Å². The van der Waals surface area contributed by atoms with Gasteiger partial charge in [0.15, 0.2) is 0 Å². The second-order valence-electron chi connectivity index (χ2n) is 3.79. The van der Waals surface area contributed by atoms with Crippen LogP contribution in [0.4, 0.5) is 0 Å². The van der Waals surface area contributed by atoms with Crippen LogP contribution >= 0.6 is 0 Å². The number of carbonyl (C=O) groups excluding carboxylic acids is 1. The van der Waals surface area contributed by atoms with Gasteiger partial charge in [-0.3, -0.25) is 0 Å². The van der Waals surface area contributed by atoms with Crippen molar-refractivity contribution in [2.45, 2.75) is 45.3 Å². The number of esters is 1. The molecule has 0 aliphatic rings. The minimum atomic E-state index is -0.867. The van der Waals surface area contributed by atoms with Gasteiger partial charge in [-0.2, -0.15) is 0 Å². The summed E-state index contributed by atoms with van der Waals surface area (Å²) >= 11 is 0. The Bertz CT molecular complexity index is 237. The minimum absolute atomic E-state index is 0.126. The van der Waals surface area contributed by atoms with Crippen LogP contribution in [0.1, 0.15) is 34.1 Å². The summed E-state index contributed by atoms with van der Waals surface area (Å²) in [7, 11) is -0.867. The van der Waals surface area contributed by atoms with Crippen molar-refractivity contribution in [3.63, 3.8) is 0 Å². The first-order valence-corrected chi connectivity index (χ1v) is 7.66. The summed E-state index contributed by atoms with van der Waals surface area (Å²) in [6, 6.07) is 0. The van der Waals surface area contributed by atoms with Gasteiger partial charge < -0.3 is 14.2 Å². The van der Waals surface area contributed by atoms with Crippen molar-refractivity contribution in [3.05, 3.63) is 12.7 Å². The number of carbonyl (C=O) groups is 1. The summed E-state index contributed by atoms with van der Waals surface area (Å²) in [5.41, 5.74) is -0.650. The van der Waals surface area contributed by atoms with Crippen LogP contribution in [0.25, 0.3) is 0 Å². The quantitative estimate of drug-likeness (QED) is 0.272. The van der Waals surface area contributed by atoms with Crippen molar-refractivity contribution in [2.24, 2.45) is 0 Å². The van der Waals surface area contributed by atoms with Gasteiger partial charge in [-0.05, 0) is 27.2 Å². The number of hydrogen-bond donors (Lipinski definition) is 0. The molecular weight excluding hydrogens is 236 g/mol. The van der Waals surface area contributed by atoms with E-state index in [2.05, 4.69) is 6.58 Å². The monoisotopic (exact) mass is 260 g/mol. The molecule has 0 saturated carbocycles. The summed E-state index contributed by atoms with van der Waals surface area (Å²) in [4.78, 5) is 11.1. The maximum absolute atomic E-state index is 11.1. The molecule has 0 rings (SSSR count). The molecule has 17 heavy (non-hydrogen) atoms. The second-order valence-corrected chi connectivity index (χ2v) is 6.42. The molecular formula is C12H24O4Si. The first-order chi connectivity index (χ1) is 8.03. The Kier molecular flexibility index (Phi) is 8.12. The zero-order valence-corrected chi connectivity index (χ0v) is 12.7. The fourth-order valence-electron chi connectivity index (χ4n) is 1.76. The predicted octanol–water partition coefficient (Wildman–Crippen LogP) is 1.37. The minimum Gasteiger partial charge on any atom is -0.464 e. The van der Waals surface area contributed by atoms with Gasteiger partial charge in [0.1, 0.15) is 14.9 Å². The number of hydrogen-bond acceptors (Lipinski definition) is 4. The summed E-state index contributed by atoms with van der Waals surface area (Å²) < 4.78 is 16.6. The van der Waals surface area contributed by atoms with E-state index in [1.165, 1.54) is 6.08 Å². The normalized spacial score (nSPS) is 13.9. The van der Waals surface area contributed by atoms with Gasteiger partial charge in [-0.15, -0.1) is 0 Å². The third-order valence-electron chi connectivity index (χ3n) is 2.44. The molecule has 4 nitrogen and oxygen atoms in total. The summed E-state index contributed by atoms with van der Waals surface area (Å²) in [5, 5.41) is 0. The van der Waals surface area contributed by atoms with E-state index in [1.54, 1.807) is 0 Å². The topological polar surface area (TPSA) is 44.8 Å². The van der Waals surface area contributed by atoms with Crippen molar-refractivity contribution in [1.82, 2.24) is 0 Å². The maximum atomic E-state index is 11.1. The van der Waals surface area contributed by atoms with Gasteiger partial charge in [-0.25, -0.2) is 4.79 Å². The maximum Gasteiger partial charge on any atom is 0.330 e. The van der Waals surface area contributed by atoms with Gasteiger partial charge in [0.05, 0.1) is 5.73 Å². The Morgan fingerprint density at radius 1 is 1.35 bits per heavy atom. The standard InChI is InChI=1S/C12H24O4Si/c1-6-11(13)16-10(5)17-12(7-2,14-8-3)15-9-4/h6,10H,1,7-9,17H2,2-5H3. The van der Waals surface area contributed by atoms with Crippen LogP contribution in [0.2, 0.25) is 0 Å². The van der Waals surface area contributed by atoms with Gasteiger partial charge in [0.2, 0.25) is 0 Å².